The Bertz CT molecular complexity index is 838. The van der Waals surface area contributed by atoms with Crippen LogP contribution in [0, 0.1) is 17.0 Å². The maximum atomic E-state index is 12.5. The molecule has 2 aromatic rings. The Hall–Kier alpha value is -2.87. The molecule has 0 aliphatic carbocycles. The number of hydrazine groups is 1. The van der Waals surface area contributed by atoms with Crippen LogP contribution in [0.1, 0.15) is 12.0 Å². The van der Waals surface area contributed by atoms with E-state index in [1.165, 1.54) is 30.0 Å². The van der Waals surface area contributed by atoms with Crippen LogP contribution in [-0.2, 0) is 9.59 Å². The van der Waals surface area contributed by atoms with Crippen molar-refractivity contribution >= 4 is 35.0 Å². The Morgan fingerprint density at radius 1 is 1.16 bits per heavy atom. The average Bonchev–Trinajstić information content (AvgIpc) is 2.85. The minimum Gasteiger partial charge on any atom is -0.282 e. The van der Waals surface area contributed by atoms with Gasteiger partial charge in [0, 0.05) is 11.0 Å². The van der Waals surface area contributed by atoms with Crippen LogP contribution < -0.4 is 5.43 Å². The summed E-state index contributed by atoms with van der Waals surface area (Å²) in [6, 6.07) is 13.6. The molecule has 0 aromatic heterocycles. The Morgan fingerprint density at radius 3 is 2.52 bits per heavy atom. The summed E-state index contributed by atoms with van der Waals surface area (Å²) in [4.78, 5) is 36.1. The van der Waals surface area contributed by atoms with Crippen LogP contribution in [0.3, 0.4) is 0 Å². The number of para-hydroxylation sites is 2. The topological polar surface area (TPSA) is 92.6 Å². The summed E-state index contributed by atoms with van der Waals surface area (Å²) in [5.74, 6) is -0.818. The Kier molecular flexibility index (Phi) is 4.71. The molecule has 1 N–H and O–H groups in total. The zero-order valence-corrected chi connectivity index (χ0v) is 14.2. The van der Waals surface area contributed by atoms with Crippen LogP contribution in [-0.4, -0.2) is 27.0 Å². The van der Waals surface area contributed by atoms with Gasteiger partial charge in [0.15, 0.2) is 0 Å². The van der Waals surface area contributed by atoms with E-state index in [0.29, 0.717) is 0 Å². The Balaban J connectivity index is 1.76. The van der Waals surface area contributed by atoms with Gasteiger partial charge >= 0.3 is 0 Å². The third kappa shape index (κ3) is 3.63. The maximum absolute atomic E-state index is 12.5. The minimum absolute atomic E-state index is 0.0466. The molecule has 128 valence electrons. The molecule has 0 radical (unpaired) electrons. The molecule has 1 saturated heterocycles. The second-order valence-corrected chi connectivity index (χ2v) is 6.85. The number of nitrogens with zero attached hydrogens (tertiary/aromatic N) is 2. The number of amides is 2. The van der Waals surface area contributed by atoms with Gasteiger partial charge < -0.3 is 0 Å². The van der Waals surface area contributed by atoms with Crippen molar-refractivity contribution in [3.63, 3.8) is 0 Å². The number of thioether (sulfide) groups is 1. The molecule has 3 rings (SSSR count). The third-order valence-electron chi connectivity index (χ3n) is 3.74. The number of benzene rings is 2. The van der Waals surface area contributed by atoms with E-state index >= 15 is 0 Å². The van der Waals surface area contributed by atoms with Crippen molar-refractivity contribution in [2.75, 3.05) is 5.43 Å². The summed E-state index contributed by atoms with van der Waals surface area (Å²) < 4.78 is 0. The fraction of sp³-hybridized carbons (Fsp3) is 0.176. The molecule has 0 spiro atoms. The van der Waals surface area contributed by atoms with Gasteiger partial charge in [-0.05, 0) is 25.1 Å². The number of hydrogen-bond acceptors (Lipinski definition) is 6. The van der Waals surface area contributed by atoms with E-state index in [2.05, 4.69) is 5.43 Å². The molecular weight excluding hydrogens is 342 g/mol. The van der Waals surface area contributed by atoms with E-state index in [-0.39, 0.29) is 17.8 Å². The highest BCUT2D eigenvalue weighted by Crippen LogP contribution is 2.33. The number of hydrogen-bond donors (Lipinski definition) is 1. The highest BCUT2D eigenvalue weighted by molar-refractivity contribution is 8.00. The Morgan fingerprint density at radius 2 is 1.84 bits per heavy atom. The first-order valence-electron chi connectivity index (χ1n) is 7.56. The molecule has 1 fully saturated rings. The largest absolute Gasteiger partial charge is 0.294 e. The van der Waals surface area contributed by atoms with Crippen molar-refractivity contribution in [3.8, 4) is 0 Å². The summed E-state index contributed by atoms with van der Waals surface area (Å²) in [5.41, 5.74) is 3.61. The lowest BCUT2D eigenvalue weighted by Gasteiger charge is -2.17. The van der Waals surface area contributed by atoms with Crippen LogP contribution in [0.5, 0.6) is 0 Å². The fourth-order valence-electron chi connectivity index (χ4n) is 2.44. The molecule has 8 heteroatoms. The van der Waals surface area contributed by atoms with Gasteiger partial charge in [-0.15, -0.1) is 11.8 Å². The molecule has 1 atom stereocenters. The number of imide groups is 1. The summed E-state index contributed by atoms with van der Waals surface area (Å²) in [7, 11) is 0. The zero-order valence-electron chi connectivity index (χ0n) is 13.3. The smallest absolute Gasteiger partial charge is 0.282 e. The minimum atomic E-state index is -0.564. The summed E-state index contributed by atoms with van der Waals surface area (Å²) in [6.07, 6.45) is 0.0466. The van der Waals surface area contributed by atoms with Crippen LogP contribution in [0.15, 0.2) is 53.4 Å². The SMILES string of the molecule is Cc1ccc(S[C@H]2CC(=O)N(Nc3ccccc3[N+](=O)[O-])C2=O)cc1. The molecule has 25 heavy (non-hydrogen) atoms. The van der Waals surface area contributed by atoms with Gasteiger partial charge in [-0.3, -0.25) is 25.1 Å². The molecular formula is C17H15N3O4S. The van der Waals surface area contributed by atoms with E-state index in [4.69, 9.17) is 0 Å². The highest BCUT2D eigenvalue weighted by atomic mass is 32.2. The number of nitro groups is 1. The highest BCUT2D eigenvalue weighted by Gasteiger charge is 2.40. The molecule has 0 bridgehead atoms. The molecule has 1 aliphatic heterocycles. The molecule has 1 heterocycles. The summed E-state index contributed by atoms with van der Waals surface area (Å²) in [5, 5.41) is 11.4. The van der Waals surface area contributed by atoms with E-state index in [9.17, 15) is 19.7 Å². The van der Waals surface area contributed by atoms with Gasteiger partial charge in [0.05, 0.1) is 16.6 Å². The molecule has 0 unspecified atom stereocenters. The van der Waals surface area contributed by atoms with Crippen molar-refractivity contribution in [2.45, 2.75) is 23.5 Å². The zero-order chi connectivity index (χ0) is 18.0. The summed E-state index contributed by atoms with van der Waals surface area (Å²) >= 11 is 1.31. The van der Waals surface area contributed by atoms with E-state index in [0.717, 1.165) is 15.5 Å². The number of aryl methyl sites for hydroxylation is 1. The molecule has 2 amide bonds. The van der Waals surface area contributed by atoms with Crippen molar-refractivity contribution in [3.05, 3.63) is 64.2 Å². The predicted octanol–water partition coefficient (Wildman–Crippen LogP) is 3.15. The van der Waals surface area contributed by atoms with E-state index < -0.39 is 22.0 Å². The van der Waals surface area contributed by atoms with Gasteiger partial charge in [-0.1, -0.05) is 29.8 Å². The number of nitrogens with one attached hydrogen (secondary N) is 1. The van der Waals surface area contributed by atoms with Crippen molar-refractivity contribution in [1.29, 1.82) is 0 Å². The number of nitro benzene ring substituents is 1. The molecule has 2 aromatic carbocycles. The first-order valence-corrected chi connectivity index (χ1v) is 8.44. The summed E-state index contributed by atoms with van der Waals surface area (Å²) in [6.45, 7) is 1.97. The monoisotopic (exact) mass is 357 g/mol. The first kappa shape index (κ1) is 17.0. The van der Waals surface area contributed by atoms with Crippen molar-refractivity contribution < 1.29 is 14.5 Å². The molecule has 0 saturated carbocycles. The molecule has 7 nitrogen and oxygen atoms in total. The number of rotatable bonds is 5. The quantitative estimate of drug-likeness (QED) is 0.502. The van der Waals surface area contributed by atoms with E-state index in [1.54, 1.807) is 6.07 Å². The fourth-order valence-corrected chi connectivity index (χ4v) is 3.50. The van der Waals surface area contributed by atoms with Gasteiger partial charge in [-0.2, -0.15) is 5.01 Å². The van der Waals surface area contributed by atoms with Crippen LogP contribution in [0.2, 0.25) is 0 Å². The lowest BCUT2D eigenvalue weighted by Crippen LogP contribution is -2.36. The van der Waals surface area contributed by atoms with Crippen LogP contribution in [0.25, 0.3) is 0 Å². The normalized spacial score (nSPS) is 17.0. The number of carbonyl (C=O) groups is 2. The first-order chi connectivity index (χ1) is 12.0. The van der Waals surface area contributed by atoms with Gasteiger partial charge in [0.2, 0.25) is 5.91 Å². The number of carbonyl (C=O) groups excluding carboxylic acids is 2. The maximum Gasteiger partial charge on any atom is 0.294 e. The lowest BCUT2D eigenvalue weighted by molar-refractivity contribution is -0.384. The van der Waals surface area contributed by atoms with E-state index in [1.807, 2.05) is 31.2 Å². The standard InChI is InChI=1S/C17H15N3O4S/c1-11-6-8-12(9-7-11)25-15-10-16(21)19(17(15)22)18-13-4-2-3-5-14(13)20(23)24/h2-9,15,18H,10H2,1H3/t15-/m0/s1. The Labute approximate surface area is 148 Å². The number of anilines is 1. The second kappa shape index (κ2) is 6.94. The molecule has 1 aliphatic rings. The average molecular weight is 357 g/mol. The third-order valence-corrected chi connectivity index (χ3v) is 4.93. The predicted molar refractivity (Wildman–Crippen MR) is 94.0 cm³/mol. The van der Waals surface area contributed by atoms with Gasteiger partial charge in [-0.25, -0.2) is 0 Å². The van der Waals surface area contributed by atoms with Gasteiger partial charge in [0.1, 0.15) is 5.69 Å². The van der Waals surface area contributed by atoms with Crippen molar-refractivity contribution in [1.82, 2.24) is 5.01 Å². The van der Waals surface area contributed by atoms with Crippen LogP contribution >= 0.6 is 11.8 Å². The van der Waals surface area contributed by atoms with Crippen LogP contribution in [0.4, 0.5) is 11.4 Å². The lowest BCUT2D eigenvalue weighted by atomic mass is 10.2. The van der Waals surface area contributed by atoms with Gasteiger partial charge in [0.25, 0.3) is 11.6 Å². The second-order valence-electron chi connectivity index (χ2n) is 5.58. The van der Waals surface area contributed by atoms with Crippen molar-refractivity contribution in [2.24, 2.45) is 0 Å².